The maximum atomic E-state index is 12.9. The van der Waals surface area contributed by atoms with Gasteiger partial charge in [0.25, 0.3) is 5.56 Å². The van der Waals surface area contributed by atoms with E-state index in [1.54, 1.807) is 0 Å². The topological polar surface area (TPSA) is 88.1 Å². The van der Waals surface area contributed by atoms with Crippen molar-refractivity contribution < 1.29 is 4.79 Å². The molecular formula is C18H22N4O3. The van der Waals surface area contributed by atoms with Crippen LogP contribution in [0.2, 0.25) is 0 Å². The Morgan fingerprint density at radius 2 is 2.04 bits per heavy atom. The second-order valence-corrected chi connectivity index (χ2v) is 7.47. The lowest BCUT2D eigenvalue weighted by atomic mass is 10.1. The van der Waals surface area contributed by atoms with E-state index in [0.717, 1.165) is 36.7 Å². The molecule has 3 aliphatic rings. The lowest BCUT2D eigenvalue weighted by Gasteiger charge is -2.29. The van der Waals surface area contributed by atoms with Gasteiger partial charge in [-0.15, -0.1) is 0 Å². The molecule has 1 atom stereocenters. The van der Waals surface area contributed by atoms with Crippen LogP contribution in [0, 0.1) is 17.2 Å². The van der Waals surface area contributed by atoms with E-state index in [-0.39, 0.29) is 30.1 Å². The minimum absolute atomic E-state index is 0.0121. The van der Waals surface area contributed by atoms with Crippen molar-refractivity contribution in [2.24, 2.45) is 5.92 Å². The van der Waals surface area contributed by atoms with E-state index in [1.807, 2.05) is 11.0 Å². The van der Waals surface area contributed by atoms with Gasteiger partial charge in [-0.2, -0.15) is 5.26 Å². The predicted molar refractivity (Wildman–Crippen MR) is 90.1 cm³/mol. The van der Waals surface area contributed by atoms with Gasteiger partial charge in [0.2, 0.25) is 5.91 Å². The number of fused-ring (bicyclic) bond motifs is 1. The van der Waals surface area contributed by atoms with Crippen molar-refractivity contribution in [2.75, 3.05) is 0 Å². The van der Waals surface area contributed by atoms with Crippen molar-refractivity contribution in [3.05, 3.63) is 32.1 Å². The summed E-state index contributed by atoms with van der Waals surface area (Å²) in [6.45, 7) is 2.30. The maximum Gasteiger partial charge on any atom is 0.331 e. The maximum absolute atomic E-state index is 12.9. The zero-order valence-electron chi connectivity index (χ0n) is 14.4. The number of hydrogen-bond donors (Lipinski definition) is 0. The van der Waals surface area contributed by atoms with Gasteiger partial charge in [-0.3, -0.25) is 14.2 Å². The van der Waals surface area contributed by atoms with E-state index in [2.05, 4.69) is 6.92 Å². The number of carbonyl (C=O) groups excluding carboxylic acids is 1. The van der Waals surface area contributed by atoms with Crippen molar-refractivity contribution >= 4 is 5.91 Å². The van der Waals surface area contributed by atoms with E-state index in [9.17, 15) is 19.6 Å². The normalized spacial score (nSPS) is 20.0. The fourth-order valence-corrected chi connectivity index (χ4v) is 4.03. The lowest BCUT2D eigenvalue weighted by Crippen LogP contribution is -2.49. The van der Waals surface area contributed by atoms with Crippen molar-refractivity contribution in [1.82, 2.24) is 14.0 Å². The van der Waals surface area contributed by atoms with Crippen LogP contribution in [0.1, 0.15) is 50.3 Å². The molecule has 2 fully saturated rings. The molecule has 2 heterocycles. The summed E-state index contributed by atoms with van der Waals surface area (Å²) < 4.78 is 2.45. The smallest absolute Gasteiger partial charge is 0.331 e. The van der Waals surface area contributed by atoms with Gasteiger partial charge < -0.3 is 4.90 Å². The second-order valence-electron chi connectivity index (χ2n) is 7.47. The second kappa shape index (κ2) is 5.87. The SMILES string of the molecule is C[C@@H](C1CC1)N(C(=O)Cn1c(=O)c(C#N)c2n(c1=O)CCC2)C1CC1. The first kappa shape index (κ1) is 16.1. The van der Waals surface area contributed by atoms with Crippen LogP contribution in [0.4, 0.5) is 0 Å². The van der Waals surface area contributed by atoms with Gasteiger partial charge in [-0.1, -0.05) is 0 Å². The first-order valence-corrected chi connectivity index (χ1v) is 9.10. The molecule has 1 aromatic heterocycles. The van der Waals surface area contributed by atoms with E-state index in [4.69, 9.17) is 0 Å². The molecule has 0 unspecified atom stereocenters. The largest absolute Gasteiger partial charge is 0.335 e. The Hall–Kier alpha value is -2.36. The number of nitrogens with zero attached hydrogens (tertiary/aromatic N) is 4. The van der Waals surface area contributed by atoms with Crippen LogP contribution in [0.25, 0.3) is 0 Å². The Labute approximate surface area is 145 Å². The molecule has 25 heavy (non-hydrogen) atoms. The number of aromatic nitrogens is 2. The molecule has 0 N–H and O–H groups in total. The first-order chi connectivity index (χ1) is 12.0. The van der Waals surface area contributed by atoms with Crippen LogP contribution in [-0.2, 0) is 24.3 Å². The highest BCUT2D eigenvalue weighted by Crippen LogP contribution is 2.39. The lowest BCUT2D eigenvalue weighted by molar-refractivity contribution is -0.135. The van der Waals surface area contributed by atoms with Gasteiger partial charge in [-0.05, 0) is 51.4 Å². The molecule has 0 radical (unpaired) electrons. The highest BCUT2D eigenvalue weighted by atomic mass is 16.2. The molecule has 7 heteroatoms. The Morgan fingerprint density at radius 1 is 1.32 bits per heavy atom. The van der Waals surface area contributed by atoms with Crippen LogP contribution in [-0.4, -0.2) is 32.0 Å². The van der Waals surface area contributed by atoms with Crippen molar-refractivity contribution in [2.45, 2.75) is 70.6 Å². The van der Waals surface area contributed by atoms with Crippen LogP contribution < -0.4 is 11.2 Å². The molecule has 1 aliphatic heterocycles. The van der Waals surface area contributed by atoms with Crippen molar-refractivity contribution in [1.29, 1.82) is 5.26 Å². The fourth-order valence-electron chi connectivity index (χ4n) is 4.03. The molecule has 4 rings (SSSR count). The highest BCUT2D eigenvalue weighted by molar-refractivity contribution is 5.77. The summed E-state index contributed by atoms with van der Waals surface area (Å²) in [5, 5.41) is 9.33. The molecule has 132 valence electrons. The molecule has 7 nitrogen and oxygen atoms in total. The summed E-state index contributed by atoms with van der Waals surface area (Å²) in [7, 11) is 0. The summed E-state index contributed by atoms with van der Waals surface area (Å²) in [4.78, 5) is 40.0. The minimum Gasteiger partial charge on any atom is -0.335 e. The van der Waals surface area contributed by atoms with Gasteiger partial charge in [-0.25, -0.2) is 9.36 Å². The van der Waals surface area contributed by atoms with Crippen molar-refractivity contribution in [3.63, 3.8) is 0 Å². The molecule has 1 amide bonds. The summed E-state index contributed by atoms with van der Waals surface area (Å²) in [6, 6.07) is 2.33. The standard InChI is InChI=1S/C18H22N4O3/c1-11(12-4-5-12)22(13-6-7-13)16(23)10-21-17(24)14(9-19)15-3-2-8-20(15)18(21)25/h11-13H,2-8,10H2,1H3/t11-/m0/s1. The van der Waals surface area contributed by atoms with E-state index >= 15 is 0 Å². The van der Waals surface area contributed by atoms with E-state index in [0.29, 0.717) is 24.6 Å². The number of carbonyl (C=O) groups is 1. The Kier molecular flexibility index (Phi) is 3.78. The summed E-state index contributed by atoms with van der Waals surface area (Å²) in [5.41, 5.74) is -0.548. The monoisotopic (exact) mass is 342 g/mol. The van der Waals surface area contributed by atoms with Crippen LogP contribution in [0.5, 0.6) is 0 Å². The molecule has 0 aromatic carbocycles. The molecule has 0 spiro atoms. The molecule has 0 bridgehead atoms. The third-order valence-electron chi connectivity index (χ3n) is 5.71. The minimum atomic E-state index is -0.621. The number of rotatable bonds is 5. The van der Waals surface area contributed by atoms with Crippen LogP contribution >= 0.6 is 0 Å². The van der Waals surface area contributed by atoms with Gasteiger partial charge >= 0.3 is 5.69 Å². The van der Waals surface area contributed by atoms with Gasteiger partial charge in [0.15, 0.2) is 0 Å². The average Bonchev–Trinajstić information content (AvgIpc) is 3.51. The first-order valence-electron chi connectivity index (χ1n) is 9.10. The zero-order valence-corrected chi connectivity index (χ0v) is 14.4. The van der Waals surface area contributed by atoms with Gasteiger partial charge in [0, 0.05) is 24.3 Å². The fraction of sp³-hybridized carbons (Fsp3) is 0.667. The van der Waals surface area contributed by atoms with E-state index < -0.39 is 11.2 Å². The molecule has 2 saturated carbocycles. The summed E-state index contributed by atoms with van der Waals surface area (Å²) >= 11 is 0. The van der Waals surface area contributed by atoms with E-state index in [1.165, 1.54) is 4.57 Å². The average molecular weight is 342 g/mol. The quantitative estimate of drug-likeness (QED) is 0.785. The van der Waals surface area contributed by atoms with Crippen LogP contribution in [0.3, 0.4) is 0 Å². The third kappa shape index (κ3) is 2.70. The number of amides is 1. The number of nitriles is 1. The predicted octanol–water partition coefficient (Wildman–Crippen LogP) is 0.617. The summed E-state index contributed by atoms with van der Waals surface area (Å²) in [6.07, 6.45) is 5.56. The molecule has 2 aliphatic carbocycles. The molecule has 0 saturated heterocycles. The van der Waals surface area contributed by atoms with Crippen molar-refractivity contribution in [3.8, 4) is 6.07 Å². The Balaban J connectivity index is 1.68. The number of hydrogen-bond acceptors (Lipinski definition) is 4. The van der Waals surface area contributed by atoms with Crippen LogP contribution in [0.15, 0.2) is 9.59 Å². The zero-order chi connectivity index (χ0) is 17.7. The highest BCUT2D eigenvalue weighted by Gasteiger charge is 2.41. The Bertz CT molecular complexity index is 883. The van der Waals surface area contributed by atoms with Gasteiger partial charge in [0.1, 0.15) is 18.2 Å². The molecule has 1 aromatic rings. The Morgan fingerprint density at radius 3 is 2.64 bits per heavy atom. The molecular weight excluding hydrogens is 320 g/mol. The van der Waals surface area contributed by atoms with Gasteiger partial charge in [0.05, 0.1) is 0 Å². The third-order valence-corrected chi connectivity index (χ3v) is 5.71. The summed E-state index contributed by atoms with van der Waals surface area (Å²) in [5.74, 6) is 0.362.